The van der Waals surface area contributed by atoms with Gasteiger partial charge in [-0.25, -0.2) is 0 Å². The molecule has 1 aliphatic heterocycles. The minimum atomic E-state index is -0.772. The van der Waals surface area contributed by atoms with E-state index in [4.69, 9.17) is 9.84 Å². The van der Waals surface area contributed by atoms with Crippen molar-refractivity contribution in [3.63, 3.8) is 0 Å². The van der Waals surface area contributed by atoms with Crippen LogP contribution in [0.2, 0.25) is 0 Å². The van der Waals surface area contributed by atoms with Crippen molar-refractivity contribution in [2.75, 3.05) is 19.7 Å². The molecule has 1 N–H and O–H groups in total. The van der Waals surface area contributed by atoms with Crippen molar-refractivity contribution in [3.05, 3.63) is 22.4 Å². The fourth-order valence-electron chi connectivity index (χ4n) is 1.84. The van der Waals surface area contributed by atoms with E-state index in [0.29, 0.717) is 19.7 Å². The highest BCUT2D eigenvalue weighted by Gasteiger charge is 2.28. The predicted molar refractivity (Wildman–Crippen MR) is 61.7 cm³/mol. The molecule has 1 fully saturated rings. The Hall–Kier alpha value is -0.910. The number of aliphatic carboxylic acids is 1. The Morgan fingerprint density at radius 1 is 1.75 bits per heavy atom. The number of carbonyl (C=O) groups is 1. The van der Waals surface area contributed by atoms with Crippen molar-refractivity contribution < 1.29 is 14.6 Å². The molecular formula is C11H15NO3S. The zero-order valence-electron chi connectivity index (χ0n) is 9.13. The van der Waals surface area contributed by atoms with Gasteiger partial charge in [-0.2, -0.15) is 11.3 Å². The molecule has 1 aliphatic rings. The van der Waals surface area contributed by atoms with Crippen LogP contribution in [0.1, 0.15) is 18.6 Å². The highest BCUT2D eigenvalue weighted by Crippen LogP contribution is 2.24. The molecule has 16 heavy (non-hydrogen) atoms. The second-order valence-corrected chi connectivity index (χ2v) is 4.71. The van der Waals surface area contributed by atoms with Crippen molar-refractivity contribution in [2.24, 2.45) is 0 Å². The molecule has 0 spiro atoms. The maximum absolute atomic E-state index is 10.9. The zero-order chi connectivity index (χ0) is 11.5. The molecule has 1 aromatic heterocycles. The number of carboxylic acid groups (broad SMARTS) is 1. The maximum Gasteiger partial charge on any atom is 0.320 e. The second kappa shape index (κ2) is 4.95. The normalized spacial score (nSPS) is 24.2. The van der Waals surface area contributed by atoms with Crippen LogP contribution in [0.15, 0.2) is 16.8 Å². The van der Waals surface area contributed by atoms with E-state index < -0.39 is 12.0 Å². The summed E-state index contributed by atoms with van der Waals surface area (Å²) in [5.41, 5.74) is 1.15. The summed E-state index contributed by atoms with van der Waals surface area (Å²) in [6, 6.07) is 1.59. The summed E-state index contributed by atoms with van der Waals surface area (Å²) in [5, 5.41) is 13.0. The van der Waals surface area contributed by atoms with E-state index in [-0.39, 0.29) is 6.10 Å². The van der Waals surface area contributed by atoms with Crippen LogP contribution in [-0.2, 0) is 9.53 Å². The van der Waals surface area contributed by atoms with Gasteiger partial charge in [0.1, 0.15) is 6.04 Å². The van der Waals surface area contributed by atoms with Gasteiger partial charge >= 0.3 is 5.97 Å². The smallest absolute Gasteiger partial charge is 0.320 e. The average molecular weight is 241 g/mol. The van der Waals surface area contributed by atoms with Gasteiger partial charge in [-0.05, 0) is 29.3 Å². The molecule has 88 valence electrons. The Morgan fingerprint density at radius 3 is 3.19 bits per heavy atom. The van der Waals surface area contributed by atoms with E-state index in [1.165, 1.54) is 0 Å². The molecule has 0 bridgehead atoms. The predicted octanol–water partition coefficient (Wildman–Crippen LogP) is 1.59. The average Bonchev–Trinajstić information content (AvgIpc) is 2.81. The SMILES string of the molecule is C[C@H](C(=O)O)N1CCO[C@@H](c2ccsc2)C1. The van der Waals surface area contributed by atoms with Crippen LogP contribution < -0.4 is 0 Å². The van der Waals surface area contributed by atoms with Gasteiger partial charge in [0.2, 0.25) is 0 Å². The fourth-order valence-corrected chi connectivity index (χ4v) is 2.54. The van der Waals surface area contributed by atoms with Gasteiger partial charge < -0.3 is 9.84 Å². The zero-order valence-corrected chi connectivity index (χ0v) is 9.94. The lowest BCUT2D eigenvalue weighted by molar-refractivity contribution is -0.145. The maximum atomic E-state index is 10.9. The fraction of sp³-hybridized carbons (Fsp3) is 0.545. The Morgan fingerprint density at radius 2 is 2.56 bits per heavy atom. The van der Waals surface area contributed by atoms with Gasteiger partial charge in [-0.1, -0.05) is 0 Å². The van der Waals surface area contributed by atoms with Gasteiger partial charge in [0.15, 0.2) is 0 Å². The van der Waals surface area contributed by atoms with Crippen LogP contribution in [0.3, 0.4) is 0 Å². The lowest BCUT2D eigenvalue weighted by atomic mass is 10.1. The molecule has 0 amide bonds. The summed E-state index contributed by atoms with van der Waals surface area (Å²) in [6.45, 7) is 3.66. The molecule has 2 rings (SSSR count). The largest absolute Gasteiger partial charge is 0.480 e. The first-order valence-electron chi connectivity index (χ1n) is 5.29. The molecule has 2 atom stereocenters. The number of thiophene rings is 1. The van der Waals surface area contributed by atoms with Crippen LogP contribution >= 0.6 is 11.3 Å². The highest BCUT2D eigenvalue weighted by atomic mass is 32.1. The lowest BCUT2D eigenvalue weighted by Crippen LogP contribution is -2.46. The molecule has 0 unspecified atom stereocenters. The number of nitrogens with zero attached hydrogens (tertiary/aromatic N) is 1. The first-order chi connectivity index (χ1) is 7.68. The second-order valence-electron chi connectivity index (χ2n) is 3.93. The molecule has 0 aliphatic carbocycles. The summed E-state index contributed by atoms with van der Waals surface area (Å²) in [4.78, 5) is 12.9. The molecule has 1 aromatic rings. The third-order valence-electron chi connectivity index (χ3n) is 2.92. The van der Waals surface area contributed by atoms with Crippen molar-refractivity contribution in [3.8, 4) is 0 Å². The number of hydrogen-bond donors (Lipinski definition) is 1. The monoisotopic (exact) mass is 241 g/mol. The molecule has 1 saturated heterocycles. The number of hydrogen-bond acceptors (Lipinski definition) is 4. The van der Waals surface area contributed by atoms with Crippen LogP contribution in [0, 0.1) is 0 Å². The number of morpholine rings is 1. The van der Waals surface area contributed by atoms with E-state index in [1.54, 1.807) is 18.3 Å². The van der Waals surface area contributed by atoms with Gasteiger partial charge in [0, 0.05) is 13.1 Å². The van der Waals surface area contributed by atoms with Crippen molar-refractivity contribution in [1.29, 1.82) is 0 Å². The van der Waals surface area contributed by atoms with Crippen LogP contribution in [0.4, 0.5) is 0 Å². The van der Waals surface area contributed by atoms with Crippen molar-refractivity contribution >= 4 is 17.3 Å². The minimum Gasteiger partial charge on any atom is -0.480 e. The van der Waals surface area contributed by atoms with Gasteiger partial charge in [0.05, 0.1) is 12.7 Å². The highest BCUT2D eigenvalue weighted by molar-refractivity contribution is 7.07. The minimum absolute atomic E-state index is 0.0156. The third kappa shape index (κ3) is 2.42. The summed E-state index contributed by atoms with van der Waals surface area (Å²) in [7, 11) is 0. The van der Waals surface area contributed by atoms with E-state index in [2.05, 4.69) is 5.38 Å². The first-order valence-corrected chi connectivity index (χ1v) is 6.23. The number of carboxylic acids is 1. The molecule has 0 radical (unpaired) electrons. The summed E-state index contributed by atoms with van der Waals surface area (Å²) < 4.78 is 5.65. The van der Waals surface area contributed by atoms with E-state index >= 15 is 0 Å². The van der Waals surface area contributed by atoms with E-state index in [9.17, 15) is 4.79 Å². The van der Waals surface area contributed by atoms with Gasteiger partial charge in [0.25, 0.3) is 0 Å². The first kappa shape index (κ1) is 11.6. The lowest BCUT2D eigenvalue weighted by Gasteiger charge is -2.34. The quantitative estimate of drug-likeness (QED) is 0.873. The van der Waals surface area contributed by atoms with Crippen LogP contribution in [0.5, 0.6) is 0 Å². The summed E-state index contributed by atoms with van der Waals surface area (Å²) in [5.74, 6) is -0.772. The van der Waals surface area contributed by atoms with Gasteiger partial charge in [-0.3, -0.25) is 9.69 Å². The number of rotatable bonds is 3. The molecule has 0 saturated carbocycles. The standard InChI is InChI=1S/C11H15NO3S/c1-8(11(13)14)12-3-4-15-10(6-12)9-2-5-16-7-9/h2,5,7-8,10H,3-4,6H2,1H3,(H,13,14)/t8-,10-/m1/s1. The molecule has 5 heteroatoms. The topological polar surface area (TPSA) is 49.8 Å². The van der Waals surface area contributed by atoms with Crippen LogP contribution in [-0.4, -0.2) is 41.7 Å². The molecule has 4 nitrogen and oxygen atoms in total. The Bertz CT molecular complexity index is 352. The molecular weight excluding hydrogens is 226 g/mol. The Labute approximate surface area is 98.4 Å². The number of ether oxygens (including phenoxy) is 1. The Kier molecular flexibility index (Phi) is 3.58. The summed E-state index contributed by atoms with van der Waals surface area (Å²) >= 11 is 1.63. The van der Waals surface area contributed by atoms with E-state index in [1.807, 2.05) is 16.3 Å². The van der Waals surface area contributed by atoms with Crippen molar-refractivity contribution in [2.45, 2.75) is 19.1 Å². The van der Waals surface area contributed by atoms with Crippen LogP contribution in [0.25, 0.3) is 0 Å². The van der Waals surface area contributed by atoms with Crippen molar-refractivity contribution in [1.82, 2.24) is 4.90 Å². The summed E-state index contributed by atoms with van der Waals surface area (Å²) in [6.07, 6.45) is 0.0156. The van der Waals surface area contributed by atoms with Gasteiger partial charge in [-0.15, -0.1) is 0 Å². The van der Waals surface area contributed by atoms with E-state index in [0.717, 1.165) is 5.56 Å². The Balaban J connectivity index is 2.02. The third-order valence-corrected chi connectivity index (χ3v) is 3.62. The molecule has 0 aromatic carbocycles. The molecule has 2 heterocycles.